The summed E-state index contributed by atoms with van der Waals surface area (Å²) in [7, 11) is 0. The lowest BCUT2D eigenvalue weighted by molar-refractivity contribution is -0.127. The third kappa shape index (κ3) is 9.38. The van der Waals surface area contributed by atoms with E-state index >= 15 is 0 Å². The second kappa shape index (κ2) is 13.4. The molecule has 1 aliphatic rings. The standard InChI is InChI=1S/C24H38N2O2/c1-20(21-14-10-9-11-15-21)25-23(27)18-19-24(28)26-22-16-12-7-5-3-2-4-6-8-13-17-22/h9-11,14-15,20,22H,2-8,12-13,16-19H2,1H3,(H,25,27)(H,26,28)/t20-/m0/s1. The van der Waals surface area contributed by atoms with Crippen molar-refractivity contribution >= 4 is 11.8 Å². The Kier molecular flexibility index (Phi) is 10.7. The zero-order valence-electron chi connectivity index (χ0n) is 17.6. The maximum Gasteiger partial charge on any atom is 0.220 e. The van der Waals surface area contributed by atoms with Gasteiger partial charge in [0.1, 0.15) is 0 Å². The van der Waals surface area contributed by atoms with Crippen molar-refractivity contribution in [3.63, 3.8) is 0 Å². The molecule has 28 heavy (non-hydrogen) atoms. The van der Waals surface area contributed by atoms with Crippen LogP contribution in [0.25, 0.3) is 0 Å². The smallest absolute Gasteiger partial charge is 0.220 e. The SMILES string of the molecule is C[C@H](NC(=O)CCC(=O)NC1CCCCCCCCCCC1)c1ccccc1. The molecule has 0 aliphatic heterocycles. The average molecular weight is 387 g/mol. The molecule has 0 bridgehead atoms. The van der Waals surface area contributed by atoms with Crippen LogP contribution in [-0.2, 0) is 9.59 Å². The third-order valence-electron chi connectivity index (χ3n) is 5.73. The van der Waals surface area contributed by atoms with E-state index in [1.54, 1.807) is 0 Å². The number of carbonyl (C=O) groups is 2. The van der Waals surface area contributed by atoms with Gasteiger partial charge in [-0.2, -0.15) is 0 Å². The molecule has 1 aromatic carbocycles. The zero-order chi connectivity index (χ0) is 20.0. The van der Waals surface area contributed by atoms with E-state index in [0.29, 0.717) is 0 Å². The van der Waals surface area contributed by atoms with Crippen molar-refractivity contribution in [1.82, 2.24) is 10.6 Å². The van der Waals surface area contributed by atoms with E-state index in [9.17, 15) is 9.59 Å². The van der Waals surface area contributed by atoms with Crippen LogP contribution in [0.4, 0.5) is 0 Å². The number of benzene rings is 1. The van der Waals surface area contributed by atoms with Crippen molar-refractivity contribution in [2.24, 2.45) is 0 Å². The fourth-order valence-electron chi connectivity index (χ4n) is 3.97. The Morgan fingerprint density at radius 2 is 1.32 bits per heavy atom. The van der Waals surface area contributed by atoms with Crippen LogP contribution in [0, 0.1) is 0 Å². The molecular weight excluding hydrogens is 348 g/mol. The zero-order valence-corrected chi connectivity index (χ0v) is 17.6. The fraction of sp³-hybridized carbons (Fsp3) is 0.667. The summed E-state index contributed by atoms with van der Waals surface area (Å²) in [4.78, 5) is 24.5. The lowest BCUT2D eigenvalue weighted by Gasteiger charge is -2.20. The highest BCUT2D eigenvalue weighted by Gasteiger charge is 2.15. The van der Waals surface area contributed by atoms with Crippen molar-refractivity contribution in [2.45, 2.75) is 102 Å². The van der Waals surface area contributed by atoms with E-state index < -0.39 is 0 Å². The first-order valence-corrected chi connectivity index (χ1v) is 11.3. The Bertz CT molecular complexity index is 561. The Hall–Kier alpha value is -1.84. The number of carbonyl (C=O) groups excluding carboxylic acids is 2. The minimum atomic E-state index is -0.0646. The summed E-state index contributed by atoms with van der Waals surface area (Å²) in [5.74, 6) is -0.0511. The van der Waals surface area contributed by atoms with Crippen molar-refractivity contribution < 1.29 is 9.59 Å². The van der Waals surface area contributed by atoms with Gasteiger partial charge in [-0.15, -0.1) is 0 Å². The molecule has 1 aromatic rings. The van der Waals surface area contributed by atoms with E-state index in [0.717, 1.165) is 18.4 Å². The number of nitrogens with one attached hydrogen (secondary N) is 2. The van der Waals surface area contributed by atoms with Gasteiger partial charge in [-0.05, 0) is 25.3 Å². The van der Waals surface area contributed by atoms with Gasteiger partial charge in [-0.25, -0.2) is 0 Å². The van der Waals surface area contributed by atoms with E-state index in [-0.39, 0.29) is 36.7 Å². The molecule has 4 nitrogen and oxygen atoms in total. The molecule has 2 N–H and O–H groups in total. The number of hydrogen-bond acceptors (Lipinski definition) is 2. The van der Waals surface area contributed by atoms with Crippen molar-refractivity contribution in [3.8, 4) is 0 Å². The van der Waals surface area contributed by atoms with E-state index in [2.05, 4.69) is 10.6 Å². The molecule has 0 unspecified atom stereocenters. The van der Waals surface area contributed by atoms with Crippen LogP contribution < -0.4 is 10.6 Å². The second-order valence-corrected chi connectivity index (χ2v) is 8.22. The third-order valence-corrected chi connectivity index (χ3v) is 5.73. The molecule has 0 radical (unpaired) electrons. The van der Waals surface area contributed by atoms with Gasteiger partial charge in [0.25, 0.3) is 0 Å². The maximum atomic E-state index is 12.4. The summed E-state index contributed by atoms with van der Waals surface area (Å²) in [6.07, 6.45) is 14.3. The van der Waals surface area contributed by atoms with E-state index in [1.165, 1.54) is 57.8 Å². The van der Waals surface area contributed by atoms with Crippen LogP contribution in [0.3, 0.4) is 0 Å². The topological polar surface area (TPSA) is 58.2 Å². The van der Waals surface area contributed by atoms with Gasteiger partial charge in [-0.3, -0.25) is 9.59 Å². The van der Waals surface area contributed by atoms with Crippen LogP contribution in [0.5, 0.6) is 0 Å². The Balaban J connectivity index is 1.69. The predicted octanol–water partition coefficient (Wildman–Crippen LogP) is 5.43. The number of hydrogen-bond donors (Lipinski definition) is 2. The van der Waals surface area contributed by atoms with E-state index in [4.69, 9.17) is 0 Å². The molecule has 1 fully saturated rings. The van der Waals surface area contributed by atoms with Gasteiger partial charge < -0.3 is 10.6 Å². The molecule has 2 amide bonds. The molecule has 156 valence electrons. The lowest BCUT2D eigenvalue weighted by atomic mass is 9.98. The van der Waals surface area contributed by atoms with Gasteiger partial charge >= 0.3 is 0 Å². The minimum absolute atomic E-state index is 0.0135. The molecule has 2 rings (SSSR count). The predicted molar refractivity (Wildman–Crippen MR) is 115 cm³/mol. The quantitative estimate of drug-likeness (QED) is 0.684. The Labute approximate surface area is 170 Å². The largest absolute Gasteiger partial charge is 0.353 e. The van der Waals surface area contributed by atoms with Gasteiger partial charge in [0.05, 0.1) is 6.04 Å². The first-order chi connectivity index (χ1) is 13.6. The first-order valence-electron chi connectivity index (χ1n) is 11.3. The highest BCUT2D eigenvalue weighted by molar-refractivity contribution is 5.84. The normalized spacial score (nSPS) is 18.3. The highest BCUT2D eigenvalue weighted by Crippen LogP contribution is 2.17. The van der Waals surface area contributed by atoms with Gasteiger partial charge in [0.15, 0.2) is 0 Å². The van der Waals surface area contributed by atoms with Crippen LogP contribution in [0.15, 0.2) is 30.3 Å². The maximum absolute atomic E-state index is 12.4. The van der Waals surface area contributed by atoms with Crippen LogP contribution in [-0.4, -0.2) is 17.9 Å². The Morgan fingerprint density at radius 3 is 1.89 bits per heavy atom. The van der Waals surface area contributed by atoms with Crippen LogP contribution in [0.2, 0.25) is 0 Å². The fourth-order valence-corrected chi connectivity index (χ4v) is 3.97. The molecule has 0 heterocycles. The van der Waals surface area contributed by atoms with Gasteiger partial charge in [0, 0.05) is 18.9 Å². The molecule has 0 saturated heterocycles. The summed E-state index contributed by atoms with van der Waals surface area (Å²) in [5.41, 5.74) is 1.08. The average Bonchev–Trinajstić information content (AvgIpc) is 2.69. The summed E-state index contributed by atoms with van der Waals surface area (Å²) < 4.78 is 0. The second-order valence-electron chi connectivity index (χ2n) is 8.22. The lowest BCUT2D eigenvalue weighted by Crippen LogP contribution is -2.36. The monoisotopic (exact) mass is 386 g/mol. The molecule has 0 aromatic heterocycles. The molecular formula is C24H38N2O2. The van der Waals surface area contributed by atoms with Gasteiger partial charge in [0.2, 0.25) is 11.8 Å². The van der Waals surface area contributed by atoms with Crippen LogP contribution >= 0.6 is 0 Å². The van der Waals surface area contributed by atoms with Crippen LogP contribution in [0.1, 0.15) is 102 Å². The molecule has 0 spiro atoms. The summed E-state index contributed by atoms with van der Waals surface area (Å²) >= 11 is 0. The molecule has 1 aliphatic carbocycles. The minimum Gasteiger partial charge on any atom is -0.353 e. The van der Waals surface area contributed by atoms with E-state index in [1.807, 2.05) is 37.3 Å². The summed E-state index contributed by atoms with van der Waals surface area (Å²) in [5, 5.41) is 6.17. The summed E-state index contributed by atoms with van der Waals surface area (Å²) in [6, 6.07) is 10.1. The Morgan fingerprint density at radius 1 is 0.821 bits per heavy atom. The summed E-state index contributed by atoms with van der Waals surface area (Å²) in [6.45, 7) is 1.97. The number of amides is 2. The molecule has 4 heteroatoms. The van der Waals surface area contributed by atoms with Crippen molar-refractivity contribution in [3.05, 3.63) is 35.9 Å². The molecule has 1 saturated carbocycles. The van der Waals surface area contributed by atoms with Crippen molar-refractivity contribution in [2.75, 3.05) is 0 Å². The van der Waals surface area contributed by atoms with Gasteiger partial charge in [-0.1, -0.05) is 88.1 Å². The number of rotatable bonds is 6. The van der Waals surface area contributed by atoms with Crippen molar-refractivity contribution in [1.29, 1.82) is 0 Å². The highest BCUT2D eigenvalue weighted by atomic mass is 16.2. The molecule has 1 atom stereocenters. The first kappa shape index (κ1) is 22.4.